The lowest BCUT2D eigenvalue weighted by atomic mass is 10.1. The fraction of sp³-hybridized carbons (Fsp3) is 0.300. The number of benzene rings is 2. The van der Waals surface area contributed by atoms with Crippen molar-refractivity contribution in [2.24, 2.45) is 0 Å². The van der Waals surface area contributed by atoms with Crippen LogP contribution in [0.2, 0.25) is 10.0 Å². The molecule has 1 fully saturated rings. The Kier molecular flexibility index (Phi) is 6.37. The van der Waals surface area contributed by atoms with Crippen LogP contribution in [0.4, 0.5) is 5.69 Å². The standard InChI is InChI=1S/C20H21Cl2N3O2/c1-12(15-9-6-13(21)10-17(15)22)23-11-19(26)25-18-5-3-2-4-16(18)20(27)24-14-7-8-14/h2-6,9-10,12,14,23H,7-8,11H2,1H3,(H,24,27)(H,25,26)/t12-/m0/s1. The number of hydrogen-bond donors (Lipinski definition) is 3. The predicted molar refractivity (Wildman–Crippen MR) is 108 cm³/mol. The molecule has 0 bridgehead atoms. The number of para-hydroxylation sites is 1. The monoisotopic (exact) mass is 405 g/mol. The van der Waals surface area contributed by atoms with E-state index < -0.39 is 0 Å². The van der Waals surface area contributed by atoms with Crippen LogP contribution in [0.3, 0.4) is 0 Å². The molecular weight excluding hydrogens is 385 g/mol. The van der Waals surface area contributed by atoms with E-state index in [0.29, 0.717) is 21.3 Å². The molecule has 2 amide bonds. The summed E-state index contributed by atoms with van der Waals surface area (Å²) in [7, 11) is 0. The second-order valence-electron chi connectivity index (χ2n) is 6.61. The molecule has 1 saturated carbocycles. The lowest BCUT2D eigenvalue weighted by Crippen LogP contribution is -2.31. The highest BCUT2D eigenvalue weighted by Gasteiger charge is 2.25. The summed E-state index contributed by atoms with van der Waals surface area (Å²) in [4.78, 5) is 24.6. The van der Waals surface area contributed by atoms with Gasteiger partial charge in [0.1, 0.15) is 0 Å². The molecule has 2 aromatic carbocycles. The summed E-state index contributed by atoms with van der Waals surface area (Å²) in [5.41, 5.74) is 1.82. The van der Waals surface area contributed by atoms with Gasteiger partial charge in [0.25, 0.3) is 5.91 Å². The van der Waals surface area contributed by atoms with Crippen LogP contribution >= 0.6 is 23.2 Å². The molecular formula is C20H21Cl2N3O2. The van der Waals surface area contributed by atoms with Crippen LogP contribution in [0.1, 0.15) is 41.7 Å². The van der Waals surface area contributed by atoms with Gasteiger partial charge in [-0.2, -0.15) is 0 Å². The van der Waals surface area contributed by atoms with Gasteiger partial charge in [-0.15, -0.1) is 0 Å². The van der Waals surface area contributed by atoms with Crippen LogP contribution in [0, 0.1) is 0 Å². The first kappa shape index (κ1) is 19.7. The van der Waals surface area contributed by atoms with Gasteiger partial charge in [-0.05, 0) is 49.6 Å². The second kappa shape index (κ2) is 8.74. The van der Waals surface area contributed by atoms with E-state index in [1.165, 1.54) is 0 Å². The van der Waals surface area contributed by atoms with Crippen LogP contribution < -0.4 is 16.0 Å². The lowest BCUT2D eigenvalue weighted by Gasteiger charge is -2.16. The number of amides is 2. The van der Waals surface area contributed by atoms with Crippen LogP contribution in [-0.2, 0) is 4.79 Å². The summed E-state index contributed by atoms with van der Waals surface area (Å²) in [5.74, 6) is -0.402. The molecule has 0 aliphatic heterocycles. The molecule has 7 heteroatoms. The average Bonchev–Trinajstić information content (AvgIpc) is 3.44. The fourth-order valence-electron chi connectivity index (χ4n) is 2.68. The molecule has 0 radical (unpaired) electrons. The minimum Gasteiger partial charge on any atom is -0.349 e. The topological polar surface area (TPSA) is 70.2 Å². The second-order valence-corrected chi connectivity index (χ2v) is 7.45. The molecule has 1 aliphatic carbocycles. The maximum absolute atomic E-state index is 12.3. The summed E-state index contributed by atoms with van der Waals surface area (Å²) in [6.07, 6.45) is 2.02. The Morgan fingerprint density at radius 1 is 1.15 bits per heavy atom. The fourth-order valence-corrected chi connectivity index (χ4v) is 3.26. The molecule has 5 nitrogen and oxygen atoms in total. The zero-order chi connectivity index (χ0) is 19.4. The first-order chi connectivity index (χ1) is 12.9. The summed E-state index contributed by atoms with van der Waals surface area (Å²) >= 11 is 12.1. The summed E-state index contributed by atoms with van der Waals surface area (Å²) < 4.78 is 0. The van der Waals surface area contributed by atoms with E-state index in [4.69, 9.17) is 23.2 Å². The van der Waals surface area contributed by atoms with Gasteiger partial charge in [-0.3, -0.25) is 9.59 Å². The van der Waals surface area contributed by atoms with Crippen molar-refractivity contribution in [3.05, 3.63) is 63.6 Å². The van der Waals surface area contributed by atoms with Gasteiger partial charge in [0.05, 0.1) is 17.8 Å². The third kappa shape index (κ3) is 5.45. The molecule has 0 heterocycles. The molecule has 1 atom stereocenters. The minimum absolute atomic E-state index is 0.0820. The number of halogens is 2. The highest BCUT2D eigenvalue weighted by molar-refractivity contribution is 6.35. The molecule has 142 valence electrons. The predicted octanol–water partition coefficient (Wildman–Crippen LogP) is 4.17. The summed E-state index contributed by atoms with van der Waals surface area (Å²) in [6.45, 7) is 2.00. The smallest absolute Gasteiger partial charge is 0.253 e. The van der Waals surface area contributed by atoms with Gasteiger partial charge < -0.3 is 16.0 Å². The highest BCUT2D eigenvalue weighted by Crippen LogP contribution is 2.26. The SMILES string of the molecule is C[C@H](NCC(=O)Nc1ccccc1C(=O)NC1CC1)c1ccc(Cl)cc1Cl. The van der Waals surface area contributed by atoms with Crippen molar-refractivity contribution in [3.8, 4) is 0 Å². The van der Waals surface area contributed by atoms with Crippen LogP contribution in [0.25, 0.3) is 0 Å². The van der Waals surface area contributed by atoms with Gasteiger partial charge in [-0.25, -0.2) is 0 Å². The number of carbonyl (C=O) groups is 2. The molecule has 1 aliphatic rings. The van der Waals surface area contributed by atoms with E-state index in [-0.39, 0.29) is 30.4 Å². The van der Waals surface area contributed by atoms with Gasteiger partial charge in [0, 0.05) is 22.1 Å². The van der Waals surface area contributed by atoms with E-state index in [2.05, 4.69) is 16.0 Å². The van der Waals surface area contributed by atoms with Gasteiger partial charge in [-0.1, -0.05) is 41.4 Å². The molecule has 27 heavy (non-hydrogen) atoms. The molecule has 0 unspecified atom stereocenters. The third-order valence-electron chi connectivity index (χ3n) is 4.36. The number of hydrogen-bond acceptors (Lipinski definition) is 3. The zero-order valence-corrected chi connectivity index (χ0v) is 16.4. The van der Waals surface area contributed by atoms with Crippen LogP contribution in [-0.4, -0.2) is 24.4 Å². The van der Waals surface area contributed by atoms with Crippen molar-refractivity contribution in [2.45, 2.75) is 31.8 Å². The van der Waals surface area contributed by atoms with Crippen LogP contribution in [0.15, 0.2) is 42.5 Å². The molecule has 3 rings (SSSR count). The van der Waals surface area contributed by atoms with E-state index in [1.807, 2.05) is 13.0 Å². The summed E-state index contributed by atoms with van der Waals surface area (Å²) in [6, 6.07) is 12.4. The third-order valence-corrected chi connectivity index (χ3v) is 4.92. The lowest BCUT2D eigenvalue weighted by molar-refractivity contribution is -0.115. The molecule has 0 aromatic heterocycles. The number of nitrogens with one attached hydrogen (secondary N) is 3. The summed E-state index contributed by atoms with van der Waals surface area (Å²) in [5, 5.41) is 9.98. The molecule has 3 N–H and O–H groups in total. The Labute approximate surface area is 168 Å². The van der Waals surface area contributed by atoms with Crippen molar-refractivity contribution in [3.63, 3.8) is 0 Å². The number of carbonyl (C=O) groups excluding carboxylic acids is 2. The molecule has 0 saturated heterocycles. The Morgan fingerprint density at radius 2 is 1.89 bits per heavy atom. The van der Waals surface area contributed by atoms with Crippen molar-refractivity contribution < 1.29 is 9.59 Å². The first-order valence-corrected chi connectivity index (χ1v) is 9.57. The number of anilines is 1. The van der Waals surface area contributed by atoms with E-state index in [1.54, 1.807) is 36.4 Å². The van der Waals surface area contributed by atoms with Gasteiger partial charge in [0.15, 0.2) is 0 Å². The Morgan fingerprint density at radius 3 is 2.59 bits per heavy atom. The van der Waals surface area contributed by atoms with Gasteiger partial charge in [0.2, 0.25) is 5.91 Å². The first-order valence-electron chi connectivity index (χ1n) is 8.82. The Balaban J connectivity index is 1.58. The molecule has 2 aromatic rings. The van der Waals surface area contributed by atoms with Crippen molar-refractivity contribution >= 4 is 40.7 Å². The zero-order valence-electron chi connectivity index (χ0n) is 14.9. The minimum atomic E-state index is -0.237. The Bertz CT molecular complexity index is 853. The van der Waals surface area contributed by atoms with Gasteiger partial charge >= 0.3 is 0 Å². The quantitative estimate of drug-likeness (QED) is 0.646. The average molecular weight is 406 g/mol. The van der Waals surface area contributed by atoms with E-state index >= 15 is 0 Å². The van der Waals surface area contributed by atoms with E-state index in [0.717, 1.165) is 18.4 Å². The molecule has 0 spiro atoms. The van der Waals surface area contributed by atoms with E-state index in [9.17, 15) is 9.59 Å². The van der Waals surface area contributed by atoms with Crippen LogP contribution in [0.5, 0.6) is 0 Å². The van der Waals surface area contributed by atoms with Crippen molar-refractivity contribution in [1.82, 2.24) is 10.6 Å². The largest absolute Gasteiger partial charge is 0.349 e. The van der Waals surface area contributed by atoms with Crippen molar-refractivity contribution in [1.29, 1.82) is 0 Å². The highest BCUT2D eigenvalue weighted by atomic mass is 35.5. The normalized spacial score (nSPS) is 14.5. The maximum Gasteiger partial charge on any atom is 0.253 e. The maximum atomic E-state index is 12.3. The Hall–Kier alpha value is -2.08. The number of rotatable bonds is 7. The van der Waals surface area contributed by atoms with Crippen molar-refractivity contribution in [2.75, 3.05) is 11.9 Å².